The van der Waals surface area contributed by atoms with Crippen LogP contribution in [-0.4, -0.2) is 40.1 Å². The van der Waals surface area contributed by atoms with Crippen molar-refractivity contribution in [3.05, 3.63) is 0 Å². The highest BCUT2D eigenvalue weighted by molar-refractivity contribution is 6.74. The maximum Gasteiger partial charge on any atom is 0.245 e. The predicted octanol–water partition coefficient (Wildman–Crippen LogP) is 4.18. The molecule has 0 rings (SSSR count). The van der Waals surface area contributed by atoms with E-state index in [2.05, 4.69) is 33.9 Å². The second kappa shape index (κ2) is 8.55. The highest BCUT2D eigenvalue weighted by Gasteiger charge is 2.36. The zero-order valence-corrected chi connectivity index (χ0v) is 15.5. The lowest BCUT2D eigenvalue weighted by Crippen LogP contribution is -2.41. The highest BCUT2D eigenvalue weighted by Crippen LogP contribution is 2.36. The molecule has 0 saturated carbocycles. The van der Waals surface area contributed by atoms with E-state index in [0.29, 0.717) is 19.8 Å². The molecule has 0 unspecified atom stereocenters. The van der Waals surface area contributed by atoms with E-state index in [4.69, 9.17) is 14.9 Å². The Labute approximate surface area is 129 Å². The lowest BCUT2D eigenvalue weighted by molar-refractivity contribution is 0.00571. The number of nitrogens with two attached hydrogens (primary N) is 1. The molecule has 0 aromatic heterocycles. The van der Waals surface area contributed by atoms with Gasteiger partial charge in [0.1, 0.15) is 0 Å². The Morgan fingerprint density at radius 2 is 1.67 bits per heavy atom. The van der Waals surface area contributed by atoms with Gasteiger partial charge in [-0.1, -0.05) is 20.8 Å². The zero-order chi connectivity index (χ0) is 16.7. The quantitative estimate of drug-likeness (QED) is 0.484. The maximum absolute atomic E-state index is 12.7. The summed E-state index contributed by atoms with van der Waals surface area (Å²) >= 11 is 0. The van der Waals surface area contributed by atoms with Crippen LogP contribution in [-0.2, 0) is 9.16 Å². The number of ether oxygens (including phenoxy) is 1. The third-order valence-electron chi connectivity index (χ3n) is 3.99. The van der Waals surface area contributed by atoms with Crippen molar-refractivity contribution in [2.75, 3.05) is 19.8 Å². The fourth-order valence-corrected chi connectivity index (χ4v) is 2.55. The van der Waals surface area contributed by atoms with Crippen LogP contribution in [0, 0.1) is 0 Å². The summed E-state index contributed by atoms with van der Waals surface area (Å²) < 4.78 is 36.8. The average Bonchev–Trinajstić information content (AvgIpc) is 2.28. The molecule has 0 aliphatic heterocycles. The van der Waals surface area contributed by atoms with Crippen molar-refractivity contribution in [3.63, 3.8) is 0 Å². The van der Waals surface area contributed by atoms with Crippen molar-refractivity contribution >= 4 is 8.32 Å². The summed E-state index contributed by atoms with van der Waals surface area (Å²) in [5, 5.41) is 0.210. The second-order valence-electron chi connectivity index (χ2n) is 7.41. The van der Waals surface area contributed by atoms with Gasteiger partial charge in [0.05, 0.1) is 6.61 Å². The van der Waals surface area contributed by atoms with Gasteiger partial charge in [-0.3, -0.25) is 0 Å². The first-order valence-electron chi connectivity index (χ1n) is 7.70. The normalized spacial score (nSPS) is 15.3. The van der Waals surface area contributed by atoms with E-state index in [9.17, 15) is 8.78 Å². The first kappa shape index (κ1) is 21.0. The van der Waals surface area contributed by atoms with Gasteiger partial charge in [0.15, 0.2) is 8.32 Å². The summed E-state index contributed by atoms with van der Waals surface area (Å²) in [5.41, 5.74) is 5.74. The van der Waals surface area contributed by atoms with Gasteiger partial charge in [-0.15, -0.1) is 0 Å². The van der Waals surface area contributed by atoms with Crippen LogP contribution in [0.1, 0.15) is 47.0 Å². The maximum atomic E-state index is 12.7. The van der Waals surface area contributed by atoms with E-state index in [1.54, 1.807) is 0 Å². The Kier molecular flexibility index (Phi) is 8.54. The summed E-state index contributed by atoms with van der Waals surface area (Å²) in [5.74, 6) is -2.64. The molecule has 0 aromatic rings. The molecule has 0 aromatic carbocycles. The number of halogens is 2. The van der Waals surface area contributed by atoms with Gasteiger partial charge >= 0.3 is 0 Å². The summed E-state index contributed by atoms with van der Waals surface area (Å²) in [6.45, 7) is 13.5. The topological polar surface area (TPSA) is 44.5 Å². The fourth-order valence-electron chi connectivity index (χ4n) is 1.46. The van der Waals surface area contributed by atoms with E-state index < -0.39 is 14.2 Å². The molecule has 0 aliphatic carbocycles. The van der Waals surface area contributed by atoms with Crippen molar-refractivity contribution in [2.24, 2.45) is 5.73 Å². The third-order valence-corrected chi connectivity index (χ3v) is 8.53. The molecule has 0 fully saturated rings. The van der Waals surface area contributed by atoms with Gasteiger partial charge < -0.3 is 14.9 Å². The number of rotatable bonds is 10. The Bertz CT molecular complexity index is 288. The van der Waals surface area contributed by atoms with Crippen molar-refractivity contribution in [3.8, 4) is 0 Å². The summed E-state index contributed by atoms with van der Waals surface area (Å²) in [4.78, 5) is 0. The van der Waals surface area contributed by atoms with Crippen LogP contribution >= 0.6 is 0 Å². The lowest BCUT2D eigenvalue weighted by atomic mass is 10.1. The zero-order valence-electron chi connectivity index (χ0n) is 14.5. The number of hydrogen-bond donors (Lipinski definition) is 1. The molecule has 0 amide bonds. The van der Waals surface area contributed by atoms with Gasteiger partial charge in [-0.25, -0.2) is 8.78 Å². The minimum absolute atomic E-state index is 0.188. The Morgan fingerprint density at radius 1 is 1.10 bits per heavy atom. The van der Waals surface area contributed by atoms with Gasteiger partial charge in [0.25, 0.3) is 0 Å². The average molecular weight is 326 g/mol. The second-order valence-corrected chi connectivity index (χ2v) is 12.2. The molecular weight excluding hydrogens is 292 g/mol. The number of alkyl halides is 2. The van der Waals surface area contributed by atoms with Crippen molar-refractivity contribution < 1.29 is 17.9 Å². The molecule has 0 spiro atoms. The Balaban J connectivity index is 3.65. The van der Waals surface area contributed by atoms with E-state index in [1.807, 2.05) is 0 Å². The minimum atomic E-state index is -2.64. The largest absolute Gasteiger partial charge is 0.417 e. The minimum Gasteiger partial charge on any atom is -0.417 e. The molecule has 3 nitrogen and oxygen atoms in total. The van der Waals surface area contributed by atoms with Crippen LogP contribution in [0.15, 0.2) is 0 Å². The first-order chi connectivity index (χ1) is 9.35. The van der Waals surface area contributed by atoms with Crippen LogP contribution in [0.3, 0.4) is 0 Å². The molecule has 1 atom stereocenters. The van der Waals surface area contributed by atoms with E-state index >= 15 is 0 Å². The lowest BCUT2D eigenvalue weighted by Gasteiger charge is -2.36. The molecule has 2 N–H and O–H groups in total. The SMILES string of the molecule is CC(F)(F)CC[C@H](N)COCCCO[Si](C)(C)C(C)(C)C. The first-order valence-corrected chi connectivity index (χ1v) is 10.6. The van der Waals surface area contributed by atoms with E-state index in [1.165, 1.54) is 0 Å². The van der Waals surface area contributed by atoms with Crippen LogP contribution in [0.2, 0.25) is 18.1 Å². The van der Waals surface area contributed by atoms with Gasteiger partial charge in [0.2, 0.25) is 5.92 Å². The molecule has 0 aliphatic rings. The third kappa shape index (κ3) is 10.3. The van der Waals surface area contributed by atoms with Crippen LogP contribution in [0.4, 0.5) is 8.78 Å². The molecule has 0 bridgehead atoms. The Hall–Kier alpha value is -0.0431. The van der Waals surface area contributed by atoms with Crippen molar-refractivity contribution in [2.45, 2.75) is 77.1 Å². The summed E-state index contributed by atoms with van der Waals surface area (Å²) in [6.07, 6.45) is 0.902. The summed E-state index contributed by atoms with van der Waals surface area (Å²) in [6, 6.07) is -0.322. The smallest absolute Gasteiger partial charge is 0.245 e. The van der Waals surface area contributed by atoms with Crippen LogP contribution in [0.25, 0.3) is 0 Å². The Morgan fingerprint density at radius 3 is 2.14 bits per heavy atom. The van der Waals surface area contributed by atoms with Crippen molar-refractivity contribution in [1.82, 2.24) is 0 Å². The molecule has 0 heterocycles. The molecule has 0 saturated heterocycles. The molecular formula is C15H33F2NO2Si. The van der Waals surface area contributed by atoms with Gasteiger partial charge in [0, 0.05) is 25.7 Å². The summed E-state index contributed by atoms with van der Waals surface area (Å²) in [7, 11) is -1.68. The van der Waals surface area contributed by atoms with Gasteiger partial charge in [-0.2, -0.15) is 0 Å². The van der Waals surface area contributed by atoms with E-state index in [0.717, 1.165) is 13.3 Å². The molecule has 0 radical (unpaired) electrons. The predicted molar refractivity (Wildman–Crippen MR) is 86.4 cm³/mol. The van der Waals surface area contributed by atoms with Crippen LogP contribution < -0.4 is 5.73 Å². The molecule has 128 valence electrons. The number of hydrogen-bond acceptors (Lipinski definition) is 3. The monoisotopic (exact) mass is 325 g/mol. The van der Waals surface area contributed by atoms with Crippen LogP contribution in [0.5, 0.6) is 0 Å². The molecule has 6 heteroatoms. The highest BCUT2D eigenvalue weighted by atomic mass is 28.4. The van der Waals surface area contributed by atoms with E-state index in [-0.39, 0.29) is 23.9 Å². The molecule has 21 heavy (non-hydrogen) atoms. The fraction of sp³-hybridized carbons (Fsp3) is 1.00. The van der Waals surface area contributed by atoms with Crippen molar-refractivity contribution in [1.29, 1.82) is 0 Å². The van der Waals surface area contributed by atoms with Gasteiger partial charge in [-0.05, 0) is 37.9 Å². The standard InChI is InChI=1S/C15H33F2NO2Si/c1-14(2,3)21(5,6)20-11-7-10-19-12-13(18)8-9-15(4,16)17/h13H,7-12,18H2,1-6H3/t13-/m0/s1.